The fourth-order valence-electron chi connectivity index (χ4n) is 5.06. The van der Waals surface area contributed by atoms with E-state index < -0.39 is 6.10 Å². The van der Waals surface area contributed by atoms with Gasteiger partial charge in [0.05, 0.1) is 18.4 Å². The molecule has 0 saturated heterocycles. The lowest BCUT2D eigenvalue weighted by molar-refractivity contribution is -0.122. The monoisotopic (exact) mass is 589 g/mol. The number of rotatable bonds is 21. The van der Waals surface area contributed by atoms with E-state index in [9.17, 15) is 9.59 Å². The van der Waals surface area contributed by atoms with Crippen molar-refractivity contribution >= 4 is 11.6 Å². The Morgan fingerprint density at radius 3 is 2.26 bits per heavy atom. The number of aryl methyl sites for hydroxylation is 1. The molecular formula is C36H51N3O4. The summed E-state index contributed by atoms with van der Waals surface area (Å²) >= 11 is 0. The highest BCUT2D eigenvalue weighted by Crippen LogP contribution is 2.23. The number of hydrogen-bond donors (Lipinski definition) is 2. The van der Waals surface area contributed by atoms with E-state index in [0.717, 1.165) is 30.6 Å². The Balaban J connectivity index is 1.44. The number of para-hydroxylation sites is 1. The minimum Gasteiger partial charge on any atom is -0.480 e. The largest absolute Gasteiger partial charge is 0.480 e. The molecule has 2 N–H and O–H groups in total. The molecule has 1 unspecified atom stereocenters. The number of benzene rings is 2. The van der Waals surface area contributed by atoms with Gasteiger partial charge in [0, 0.05) is 5.69 Å². The molecule has 7 nitrogen and oxygen atoms in total. The average Bonchev–Trinajstić information content (AvgIpc) is 3.39. The second-order valence-corrected chi connectivity index (χ2v) is 11.0. The van der Waals surface area contributed by atoms with Crippen molar-refractivity contribution in [3.8, 4) is 17.3 Å². The number of H-pyrrole nitrogens is 1. The van der Waals surface area contributed by atoms with E-state index in [2.05, 4.69) is 35.6 Å². The van der Waals surface area contributed by atoms with Gasteiger partial charge in [-0.1, -0.05) is 95.6 Å². The van der Waals surface area contributed by atoms with Crippen LogP contribution in [0.4, 0.5) is 5.69 Å². The summed E-state index contributed by atoms with van der Waals surface area (Å²) in [6, 6.07) is 16.5. The first-order chi connectivity index (χ1) is 21.0. The highest BCUT2D eigenvalue weighted by molar-refractivity contribution is 5.94. The predicted molar refractivity (Wildman–Crippen MR) is 177 cm³/mol. The maximum absolute atomic E-state index is 13.1. The number of carbonyl (C=O) groups is 1. The van der Waals surface area contributed by atoms with Crippen molar-refractivity contribution in [2.45, 2.75) is 110 Å². The first-order valence-electron chi connectivity index (χ1n) is 16.3. The molecule has 1 aromatic heterocycles. The van der Waals surface area contributed by atoms with Crippen LogP contribution in [0.3, 0.4) is 0 Å². The van der Waals surface area contributed by atoms with Crippen molar-refractivity contribution in [2.75, 3.05) is 11.9 Å². The van der Waals surface area contributed by atoms with Crippen molar-refractivity contribution in [2.24, 2.45) is 0 Å². The molecule has 0 bridgehead atoms. The van der Waals surface area contributed by atoms with Crippen LogP contribution >= 0.6 is 0 Å². The molecular weight excluding hydrogens is 538 g/mol. The van der Waals surface area contributed by atoms with Gasteiger partial charge in [0.15, 0.2) is 6.10 Å². The lowest BCUT2D eigenvalue weighted by Crippen LogP contribution is -2.32. The summed E-state index contributed by atoms with van der Waals surface area (Å²) in [6.07, 6.45) is 19.6. The molecule has 1 heterocycles. The van der Waals surface area contributed by atoms with E-state index in [1.165, 1.54) is 68.5 Å². The van der Waals surface area contributed by atoms with Crippen LogP contribution in [-0.2, 0) is 11.2 Å². The highest BCUT2D eigenvalue weighted by Gasteiger charge is 2.20. The van der Waals surface area contributed by atoms with Crippen LogP contribution in [0, 0.1) is 0 Å². The second kappa shape index (κ2) is 19.4. The number of nitrogens with zero attached hydrogens (tertiary/aromatic N) is 1. The lowest BCUT2D eigenvalue weighted by Gasteiger charge is -2.19. The normalized spacial score (nSPS) is 12.0. The number of hydrogen-bond acceptors (Lipinski definition) is 4. The summed E-state index contributed by atoms with van der Waals surface area (Å²) in [6.45, 7) is 6.53. The smallest absolute Gasteiger partial charge is 0.275 e. The molecule has 1 atom stereocenters. The van der Waals surface area contributed by atoms with E-state index in [4.69, 9.17) is 9.47 Å². The zero-order valence-corrected chi connectivity index (χ0v) is 26.4. The summed E-state index contributed by atoms with van der Waals surface area (Å²) in [7, 11) is 0. The lowest BCUT2D eigenvalue weighted by atomic mass is 10.1. The molecule has 0 spiro atoms. The molecule has 0 fully saturated rings. The third-order valence-electron chi connectivity index (χ3n) is 7.52. The topological polar surface area (TPSA) is 85.3 Å². The van der Waals surface area contributed by atoms with Crippen LogP contribution in [0.5, 0.6) is 11.6 Å². The van der Waals surface area contributed by atoms with Gasteiger partial charge in [-0.15, -0.1) is 0 Å². The molecule has 1 amide bonds. The highest BCUT2D eigenvalue weighted by atomic mass is 16.5. The van der Waals surface area contributed by atoms with E-state index in [1.54, 1.807) is 24.3 Å². The summed E-state index contributed by atoms with van der Waals surface area (Å²) in [5.41, 5.74) is 2.17. The number of carbonyl (C=O) groups excluding carboxylic acids is 1. The van der Waals surface area contributed by atoms with Crippen LogP contribution in [0.15, 0.2) is 71.5 Å². The molecule has 3 aromatic rings. The van der Waals surface area contributed by atoms with Crippen LogP contribution in [0.25, 0.3) is 5.69 Å². The Hall–Kier alpha value is -3.74. The maximum atomic E-state index is 13.1. The van der Waals surface area contributed by atoms with Gasteiger partial charge in [-0.05, 0) is 74.9 Å². The van der Waals surface area contributed by atoms with Crippen molar-refractivity contribution in [1.29, 1.82) is 0 Å². The Morgan fingerprint density at radius 1 is 0.884 bits per heavy atom. The SMILES string of the molecule is CCCCCCCCCCCC=CCCc1ccccc1OC(CC)C(=O)Nc1ccc(-n2[nH]c(OCC)cc2=O)cc1. The van der Waals surface area contributed by atoms with E-state index in [-0.39, 0.29) is 11.5 Å². The van der Waals surface area contributed by atoms with Crippen molar-refractivity contribution in [3.05, 3.63) is 82.7 Å². The predicted octanol–water partition coefficient (Wildman–Crippen LogP) is 8.77. The number of ether oxygens (including phenoxy) is 2. The fraction of sp³-hybridized carbons (Fsp3) is 0.500. The number of allylic oxidation sites excluding steroid dienone is 2. The molecule has 0 aliphatic carbocycles. The molecule has 3 rings (SSSR count). The minimum absolute atomic E-state index is 0.207. The van der Waals surface area contributed by atoms with Crippen molar-refractivity contribution < 1.29 is 14.3 Å². The molecule has 0 radical (unpaired) electrons. The summed E-state index contributed by atoms with van der Waals surface area (Å²) in [5.74, 6) is 0.961. The van der Waals surface area contributed by atoms with E-state index in [0.29, 0.717) is 30.3 Å². The van der Waals surface area contributed by atoms with Gasteiger partial charge in [0.1, 0.15) is 5.75 Å². The van der Waals surface area contributed by atoms with Gasteiger partial charge in [-0.2, -0.15) is 0 Å². The minimum atomic E-state index is -0.622. The third-order valence-corrected chi connectivity index (χ3v) is 7.52. The number of unbranched alkanes of at least 4 members (excludes halogenated alkanes) is 9. The number of aromatic amines is 1. The van der Waals surface area contributed by atoms with Gasteiger partial charge >= 0.3 is 0 Å². The number of amides is 1. The second-order valence-electron chi connectivity index (χ2n) is 11.0. The maximum Gasteiger partial charge on any atom is 0.275 e. The molecule has 0 aliphatic heterocycles. The van der Waals surface area contributed by atoms with Crippen molar-refractivity contribution in [3.63, 3.8) is 0 Å². The molecule has 0 aliphatic rings. The van der Waals surface area contributed by atoms with Gasteiger partial charge in [-0.25, -0.2) is 4.68 Å². The molecule has 2 aromatic carbocycles. The summed E-state index contributed by atoms with van der Waals surface area (Å²) < 4.78 is 13.0. The van der Waals surface area contributed by atoms with Crippen LogP contribution in [0.2, 0.25) is 0 Å². The first kappa shape index (κ1) is 33.8. The van der Waals surface area contributed by atoms with Crippen LogP contribution in [0.1, 0.15) is 103 Å². The molecule has 43 heavy (non-hydrogen) atoms. The third kappa shape index (κ3) is 11.8. The van der Waals surface area contributed by atoms with Gasteiger partial charge in [0.25, 0.3) is 11.5 Å². The fourth-order valence-corrected chi connectivity index (χ4v) is 5.06. The number of nitrogens with one attached hydrogen (secondary N) is 2. The molecule has 0 saturated carbocycles. The van der Waals surface area contributed by atoms with E-state index >= 15 is 0 Å². The Kier molecular flexibility index (Phi) is 15.3. The molecule has 234 valence electrons. The summed E-state index contributed by atoms with van der Waals surface area (Å²) in [4.78, 5) is 25.4. The van der Waals surface area contributed by atoms with Gasteiger partial charge in [0.2, 0.25) is 5.88 Å². The zero-order chi connectivity index (χ0) is 30.7. The zero-order valence-electron chi connectivity index (χ0n) is 26.4. The van der Waals surface area contributed by atoms with Crippen LogP contribution in [-0.4, -0.2) is 28.4 Å². The first-order valence-corrected chi connectivity index (χ1v) is 16.3. The van der Waals surface area contributed by atoms with Gasteiger partial charge in [-0.3, -0.25) is 14.7 Å². The van der Waals surface area contributed by atoms with Gasteiger partial charge < -0.3 is 14.8 Å². The summed E-state index contributed by atoms with van der Waals surface area (Å²) in [5, 5.41) is 5.88. The molecule has 7 heteroatoms. The van der Waals surface area contributed by atoms with Crippen LogP contribution < -0.4 is 20.3 Å². The Bertz CT molecular complexity index is 1290. The standard InChI is InChI=1S/C36H51N3O4/c1-4-7-8-9-10-11-12-13-14-15-16-17-18-21-29-22-19-20-23-33(29)43-32(5-2)36(41)37-30-24-26-31(27-25-30)39-35(40)28-34(38-39)42-6-3/h16-17,19-20,22-28,32,38H,4-15,18,21H2,1-3H3,(H,37,41). The van der Waals surface area contributed by atoms with E-state index in [1.807, 2.05) is 32.0 Å². The number of anilines is 1. The quantitative estimate of drug-likeness (QED) is 0.0961. The average molecular weight is 590 g/mol. The number of aromatic nitrogens is 2. The Labute approximate surface area is 257 Å². The van der Waals surface area contributed by atoms with Crippen molar-refractivity contribution in [1.82, 2.24) is 9.78 Å². The Morgan fingerprint density at radius 2 is 1.56 bits per heavy atom.